The Kier molecular flexibility index (Phi) is 6.03. The second kappa shape index (κ2) is 7.31. The SMILES string of the molecule is COC(=O)C1(NC(=O)c2cccc(N)c2)CCCCC1.Cl. The van der Waals surface area contributed by atoms with Crippen LogP contribution in [0.15, 0.2) is 24.3 Å². The van der Waals surface area contributed by atoms with Crippen molar-refractivity contribution in [2.24, 2.45) is 0 Å². The lowest BCUT2D eigenvalue weighted by molar-refractivity contribution is -0.149. The number of hydrogen-bond acceptors (Lipinski definition) is 4. The van der Waals surface area contributed by atoms with E-state index < -0.39 is 5.54 Å². The van der Waals surface area contributed by atoms with Gasteiger partial charge in [-0.3, -0.25) is 4.79 Å². The highest BCUT2D eigenvalue weighted by molar-refractivity contribution is 5.98. The average Bonchev–Trinajstić information content (AvgIpc) is 2.47. The predicted octanol–water partition coefficient (Wildman–Crippen LogP) is 2.30. The van der Waals surface area contributed by atoms with E-state index in [0.717, 1.165) is 19.3 Å². The normalized spacial score (nSPS) is 16.4. The molecule has 0 heterocycles. The summed E-state index contributed by atoms with van der Waals surface area (Å²) in [5.41, 5.74) is 5.76. The number of rotatable bonds is 3. The molecule has 6 heteroatoms. The highest BCUT2D eigenvalue weighted by Gasteiger charge is 2.42. The number of methoxy groups -OCH3 is 1. The molecule has 0 radical (unpaired) electrons. The molecule has 0 unspecified atom stereocenters. The molecule has 1 fully saturated rings. The van der Waals surface area contributed by atoms with Gasteiger partial charge in [-0.05, 0) is 31.0 Å². The molecule has 0 aliphatic heterocycles. The summed E-state index contributed by atoms with van der Waals surface area (Å²) in [5, 5.41) is 2.86. The van der Waals surface area contributed by atoms with E-state index in [2.05, 4.69) is 5.32 Å². The quantitative estimate of drug-likeness (QED) is 0.663. The summed E-state index contributed by atoms with van der Waals surface area (Å²) in [6, 6.07) is 6.71. The van der Waals surface area contributed by atoms with Crippen LogP contribution in [0, 0.1) is 0 Å². The molecule has 1 aromatic carbocycles. The number of anilines is 1. The van der Waals surface area contributed by atoms with Crippen LogP contribution in [0.25, 0.3) is 0 Å². The third-order valence-electron chi connectivity index (χ3n) is 3.78. The van der Waals surface area contributed by atoms with Gasteiger partial charge in [-0.25, -0.2) is 4.79 Å². The Morgan fingerprint density at radius 1 is 1.24 bits per heavy atom. The first-order valence-electron chi connectivity index (χ1n) is 6.84. The van der Waals surface area contributed by atoms with Crippen LogP contribution in [-0.4, -0.2) is 24.5 Å². The van der Waals surface area contributed by atoms with Crippen molar-refractivity contribution in [3.05, 3.63) is 29.8 Å². The lowest BCUT2D eigenvalue weighted by atomic mass is 9.81. The maximum Gasteiger partial charge on any atom is 0.331 e. The van der Waals surface area contributed by atoms with E-state index in [-0.39, 0.29) is 24.3 Å². The van der Waals surface area contributed by atoms with Crippen molar-refractivity contribution < 1.29 is 14.3 Å². The number of benzene rings is 1. The molecule has 1 aromatic rings. The molecule has 21 heavy (non-hydrogen) atoms. The van der Waals surface area contributed by atoms with E-state index >= 15 is 0 Å². The van der Waals surface area contributed by atoms with Crippen molar-refractivity contribution in [3.8, 4) is 0 Å². The molecule has 0 atom stereocenters. The number of hydrogen-bond donors (Lipinski definition) is 2. The van der Waals surface area contributed by atoms with Crippen LogP contribution in [0.4, 0.5) is 5.69 Å². The molecule has 1 saturated carbocycles. The Labute approximate surface area is 130 Å². The monoisotopic (exact) mass is 312 g/mol. The lowest BCUT2D eigenvalue weighted by Gasteiger charge is -2.35. The average molecular weight is 313 g/mol. The number of amides is 1. The fourth-order valence-electron chi connectivity index (χ4n) is 2.70. The Morgan fingerprint density at radius 2 is 1.90 bits per heavy atom. The molecule has 0 aromatic heterocycles. The minimum atomic E-state index is -0.894. The zero-order chi connectivity index (χ0) is 14.6. The molecule has 116 valence electrons. The van der Waals surface area contributed by atoms with E-state index in [9.17, 15) is 9.59 Å². The third kappa shape index (κ3) is 3.88. The molecule has 1 aliphatic carbocycles. The zero-order valence-corrected chi connectivity index (χ0v) is 12.9. The molecular formula is C15H21ClN2O3. The second-order valence-electron chi connectivity index (χ2n) is 5.21. The summed E-state index contributed by atoms with van der Waals surface area (Å²) in [7, 11) is 1.35. The standard InChI is InChI=1S/C15H20N2O3.ClH/c1-20-14(19)15(8-3-2-4-9-15)17-13(18)11-6-5-7-12(16)10-11;/h5-7,10H,2-4,8-9,16H2,1H3,(H,17,18);1H. The van der Waals surface area contributed by atoms with Crippen LogP contribution < -0.4 is 11.1 Å². The van der Waals surface area contributed by atoms with Crippen molar-refractivity contribution >= 4 is 30.0 Å². The van der Waals surface area contributed by atoms with Gasteiger partial charge >= 0.3 is 5.97 Å². The van der Waals surface area contributed by atoms with Gasteiger partial charge in [0.25, 0.3) is 5.91 Å². The molecular weight excluding hydrogens is 292 g/mol. The van der Waals surface area contributed by atoms with Gasteiger partial charge in [-0.1, -0.05) is 25.3 Å². The summed E-state index contributed by atoms with van der Waals surface area (Å²) in [6.45, 7) is 0. The highest BCUT2D eigenvalue weighted by atomic mass is 35.5. The largest absolute Gasteiger partial charge is 0.467 e. The number of nitrogen functional groups attached to an aromatic ring is 1. The zero-order valence-electron chi connectivity index (χ0n) is 12.1. The van der Waals surface area contributed by atoms with Crippen LogP contribution in [0.2, 0.25) is 0 Å². The predicted molar refractivity (Wildman–Crippen MR) is 83.4 cm³/mol. The van der Waals surface area contributed by atoms with Crippen molar-refractivity contribution in [2.75, 3.05) is 12.8 Å². The van der Waals surface area contributed by atoms with Gasteiger partial charge in [0.05, 0.1) is 7.11 Å². The Morgan fingerprint density at radius 3 is 2.48 bits per heavy atom. The number of carbonyl (C=O) groups is 2. The highest BCUT2D eigenvalue weighted by Crippen LogP contribution is 2.29. The molecule has 0 saturated heterocycles. The summed E-state index contributed by atoms with van der Waals surface area (Å²) in [6.07, 6.45) is 4.13. The first-order valence-corrected chi connectivity index (χ1v) is 6.84. The fraction of sp³-hybridized carbons (Fsp3) is 0.467. The topological polar surface area (TPSA) is 81.4 Å². The van der Waals surface area contributed by atoms with Gasteiger partial charge in [0.15, 0.2) is 0 Å². The van der Waals surface area contributed by atoms with Crippen LogP contribution in [0.5, 0.6) is 0 Å². The third-order valence-corrected chi connectivity index (χ3v) is 3.78. The maximum atomic E-state index is 12.3. The lowest BCUT2D eigenvalue weighted by Crippen LogP contribution is -2.56. The van der Waals surface area contributed by atoms with E-state index in [0.29, 0.717) is 24.1 Å². The smallest absolute Gasteiger partial charge is 0.331 e. The van der Waals surface area contributed by atoms with E-state index in [4.69, 9.17) is 10.5 Å². The summed E-state index contributed by atoms with van der Waals surface area (Å²) in [5.74, 6) is -0.654. The minimum absolute atomic E-state index is 0. The molecule has 3 N–H and O–H groups in total. The summed E-state index contributed by atoms with van der Waals surface area (Å²) < 4.78 is 4.88. The summed E-state index contributed by atoms with van der Waals surface area (Å²) >= 11 is 0. The van der Waals surface area contributed by atoms with E-state index in [1.165, 1.54) is 7.11 Å². The number of carbonyl (C=O) groups excluding carboxylic acids is 2. The molecule has 0 bridgehead atoms. The van der Waals surface area contributed by atoms with E-state index in [1.807, 2.05) is 0 Å². The van der Waals surface area contributed by atoms with Crippen molar-refractivity contribution in [3.63, 3.8) is 0 Å². The number of nitrogens with two attached hydrogens (primary N) is 1. The minimum Gasteiger partial charge on any atom is -0.467 e. The Balaban J connectivity index is 0.00000220. The summed E-state index contributed by atoms with van der Waals surface area (Å²) in [4.78, 5) is 24.4. The van der Waals surface area contributed by atoms with Crippen LogP contribution >= 0.6 is 12.4 Å². The molecule has 2 rings (SSSR count). The maximum absolute atomic E-state index is 12.3. The van der Waals surface area contributed by atoms with Gasteiger partial charge < -0.3 is 15.8 Å². The number of halogens is 1. The first kappa shape index (κ1) is 17.3. The Bertz CT molecular complexity index is 513. The van der Waals surface area contributed by atoms with Crippen molar-refractivity contribution in [1.29, 1.82) is 0 Å². The molecule has 5 nitrogen and oxygen atoms in total. The number of esters is 1. The second-order valence-corrected chi connectivity index (χ2v) is 5.21. The van der Waals surface area contributed by atoms with E-state index in [1.54, 1.807) is 24.3 Å². The fourth-order valence-corrected chi connectivity index (χ4v) is 2.70. The number of nitrogens with one attached hydrogen (secondary N) is 1. The van der Waals surface area contributed by atoms with Gasteiger partial charge in [0.2, 0.25) is 0 Å². The van der Waals surface area contributed by atoms with Gasteiger partial charge in [-0.15, -0.1) is 12.4 Å². The van der Waals surface area contributed by atoms with Crippen LogP contribution in [-0.2, 0) is 9.53 Å². The van der Waals surface area contributed by atoms with Gasteiger partial charge in [0.1, 0.15) is 5.54 Å². The number of ether oxygens (including phenoxy) is 1. The molecule has 1 amide bonds. The molecule has 1 aliphatic rings. The van der Waals surface area contributed by atoms with Crippen molar-refractivity contribution in [1.82, 2.24) is 5.32 Å². The van der Waals surface area contributed by atoms with Gasteiger partial charge in [-0.2, -0.15) is 0 Å². The first-order chi connectivity index (χ1) is 9.57. The Hall–Kier alpha value is -1.75. The van der Waals surface area contributed by atoms with Crippen LogP contribution in [0.1, 0.15) is 42.5 Å². The van der Waals surface area contributed by atoms with Crippen LogP contribution in [0.3, 0.4) is 0 Å². The van der Waals surface area contributed by atoms with Crippen molar-refractivity contribution in [2.45, 2.75) is 37.6 Å². The van der Waals surface area contributed by atoms with Gasteiger partial charge in [0, 0.05) is 11.3 Å². The molecule has 0 spiro atoms.